The second-order valence-corrected chi connectivity index (χ2v) is 5.53. The van der Waals surface area contributed by atoms with Gasteiger partial charge >= 0.3 is 5.97 Å². The number of amides is 2. The summed E-state index contributed by atoms with van der Waals surface area (Å²) in [6.07, 6.45) is 3.44. The van der Waals surface area contributed by atoms with Crippen LogP contribution >= 0.6 is 0 Å². The number of fused-ring (bicyclic) bond motifs is 1. The van der Waals surface area contributed by atoms with Crippen molar-refractivity contribution in [2.45, 2.75) is 0 Å². The van der Waals surface area contributed by atoms with Crippen LogP contribution in [0.15, 0.2) is 60.8 Å². The Kier molecular flexibility index (Phi) is 4.53. The van der Waals surface area contributed by atoms with E-state index in [1.165, 1.54) is 0 Å². The quantitative estimate of drug-likeness (QED) is 0.528. The number of aromatic amines is 1. The van der Waals surface area contributed by atoms with Gasteiger partial charge in [0.2, 0.25) is 5.91 Å². The van der Waals surface area contributed by atoms with Gasteiger partial charge in [0.15, 0.2) is 0 Å². The summed E-state index contributed by atoms with van der Waals surface area (Å²) in [5.74, 6) is -2.26. The molecule has 5 N–H and O–H groups in total. The molecule has 1 aromatic heterocycles. The molecule has 0 aliphatic rings. The first-order valence-electron chi connectivity index (χ1n) is 7.68. The molecule has 130 valence electrons. The lowest BCUT2D eigenvalue weighted by Gasteiger charge is -2.09. The van der Waals surface area contributed by atoms with Crippen molar-refractivity contribution in [1.82, 2.24) is 4.98 Å². The number of primary amides is 1. The zero-order valence-electron chi connectivity index (χ0n) is 13.5. The molecule has 3 rings (SSSR count). The second-order valence-electron chi connectivity index (χ2n) is 5.53. The van der Waals surface area contributed by atoms with E-state index in [-0.39, 0.29) is 0 Å². The average molecular weight is 349 g/mol. The maximum Gasteiger partial charge on any atom is 0.328 e. The zero-order chi connectivity index (χ0) is 18.7. The number of anilines is 1. The van der Waals surface area contributed by atoms with Crippen LogP contribution in [-0.4, -0.2) is 27.9 Å². The predicted octanol–water partition coefficient (Wildman–Crippen LogP) is 2.51. The summed E-state index contributed by atoms with van der Waals surface area (Å²) in [5, 5.41) is 12.0. The first-order chi connectivity index (χ1) is 12.5. The molecule has 0 aliphatic heterocycles. The molecule has 1 heterocycles. The van der Waals surface area contributed by atoms with Gasteiger partial charge < -0.3 is 21.1 Å². The van der Waals surface area contributed by atoms with Gasteiger partial charge in [0.1, 0.15) is 0 Å². The fourth-order valence-electron chi connectivity index (χ4n) is 2.71. The molecule has 26 heavy (non-hydrogen) atoms. The van der Waals surface area contributed by atoms with Gasteiger partial charge in [-0.2, -0.15) is 0 Å². The third-order valence-corrected chi connectivity index (χ3v) is 3.81. The molecule has 0 saturated carbocycles. The van der Waals surface area contributed by atoms with Gasteiger partial charge in [0.05, 0.1) is 11.1 Å². The topological polar surface area (TPSA) is 125 Å². The van der Waals surface area contributed by atoms with Crippen LogP contribution in [0.2, 0.25) is 0 Å². The third kappa shape index (κ3) is 3.46. The van der Waals surface area contributed by atoms with Crippen LogP contribution in [0.25, 0.3) is 22.0 Å². The summed E-state index contributed by atoms with van der Waals surface area (Å²) >= 11 is 0. The lowest BCUT2D eigenvalue weighted by molar-refractivity contribution is -0.131. The fourth-order valence-corrected chi connectivity index (χ4v) is 2.71. The highest BCUT2D eigenvalue weighted by atomic mass is 16.4. The Morgan fingerprint density at radius 1 is 1.08 bits per heavy atom. The minimum atomic E-state index is -1.20. The van der Waals surface area contributed by atoms with E-state index in [1.807, 2.05) is 12.1 Å². The number of rotatable bonds is 5. The third-order valence-electron chi connectivity index (χ3n) is 3.81. The fraction of sp³-hybridized carbons (Fsp3) is 0. The van der Waals surface area contributed by atoms with E-state index < -0.39 is 17.8 Å². The number of nitrogens with two attached hydrogens (primary N) is 1. The molecular weight excluding hydrogens is 334 g/mol. The Morgan fingerprint density at radius 3 is 2.62 bits per heavy atom. The van der Waals surface area contributed by atoms with E-state index in [0.717, 1.165) is 28.7 Å². The van der Waals surface area contributed by atoms with Gasteiger partial charge in [-0.1, -0.05) is 18.2 Å². The van der Waals surface area contributed by atoms with Crippen LogP contribution in [0.1, 0.15) is 10.4 Å². The minimum absolute atomic E-state index is 0.400. The molecule has 0 fully saturated rings. The van der Waals surface area contributed by atoms with Crippen molar-refractivity contribution in [3.05, 3.63) is 66.4 Å². The van der Waals surface area contributed by atoms with Crippen molar-refractivity contribution in [3.63, 3.8) is 0 Å². The summed E-state index contributed by atoms with van der Waals surface area (Å²) in [6.45, 7) is 0. The molecule has 0 saturated heterocycles. The highest BCUT2D eigenvalue weighted by Crippen LogP contribution is 2.31. The van der Waals surface area contributed by atoms with E-state index >= 15 is 0 Å². The van der Waals surface area contributed by atoms with Crippen LogP contribution < -0.4 is 11.1 Å². The molecule has 0 radical (unpaired) electrons. The Morgan fingerprint density at radius 2 is 1.88 bits per heavy atom. The van der Waals surface area contributed by atoms with Crippen LogP contribution in [0, 0.1) is 0 Å². The van der Waals surface area contributed by atoms with Crippen LogP contribution in [0.5, 0.6) is 0 Å². The molecule has 3 aromatic rings. The SMILES string of the molecule is NC(=O)c1ccc(-c2cccc(NC(=O)C=CC(=O)O)c2)c2cc[nH]c12. The number of benzene rings is 2. The Balaban J connectivity index is 1.96. The van der Waals surface area contributed by atoms with Gasteiger partial charge in [0, 0.05) is 29.4 Å². The van der Waals surface area contributed by atoms with Crippen LogP contribution in [0.4, 0.5) is 5.69 Å². The Labute approximate surface area is 148 Å². The summed E-state index contributed by atoms with van der Waals surface area (Å²) < 4.78 is 0. The van der Waals surface area contributed by atoms with Gasteiger partial charge in [-0.3, -0.25) is 9.59 Å². The zero-order valence-corrected chi connectivity index (χ0v) is 13.5. The van der Waals surface area contributed by atoms with Crippen molar-refractivity contribution in [2.24, 2.45) is 5.73 Å². The van der Waals surface area contributed by atoms with Gasteiger partial charge in [-0.25, -0.2) is 4.79 Å². The maximum atomic E-state index is 11.7. The molecule has 0 bridgehead atoms. The van der Waals surface area contributed by atoms with Crippen molar-refractivity contribution < 1.29 is 19.5 Å². The van der Waals surface area contributed by atoms with E-state index in [4.69, 9.17) is 10.8 Å². The molecule has 0 spiro atoms. The number of hydrogen-bond acceptors (Lipinski definition) is 3. The molecule has 0 unspecified atom stereocenters. The van der Waals surface area contributed by atoms with Gasteiger partial charge in [-0.05, 0) is 35.4 Å². The highest BCUT2D eigenvalue weighted by Gasteiger charge is 2.12. The number of aliphatic carboxylic acids is 1. The lowest BCUT2D eigenvalue weighted by atomic mass is 9.98. The van der Waals surface area contributed by atoms with Crippen molar-refractivity contribution in [3.8, 4) is 11.1 Å². The first-order valence-corrected chi connectivity index (χ1v) is 7.68. The smallest absolute Gasteiger partial charge is 0.328 e. The molecule has 0 aliphatic carbocycles. The lowest BCUT2D eigenvalue weighted by Crippen LogP contribution is -2.11. The molecule has 2 amide bonds. The monoisotopic (exact) mass is 349 g/mol. The molecule has 0 atom stereocenters. The summed E-state index contributed by atoms with van der Waals surface area (Å²) in [5.41, 5.74) is 8.66. The Bertz CT molecular complexity index is 1050. The number of aromatic nitrogens is 1. The van der Waals surface area contributed by atoms with Gasteiger partial charge in [0.25, 0.3) is 5.91 Å². The number of nitrogens with one attached hydrogen (secondary N) is 2. The highest BCUT2D eigenvalue weighted by molar-refractivity contribution is 6.09. The van der Waals surface area contributed by atoms with Crippen LogP contribution in [0.3, 0.4) is 0 Å². The number of carbonyl (C=O) groups excluding carboxylic acids is 2. The molecule has 2 aromatic carbocycles. The second kappa shape index (κ2) is 6.94. The van der Waals surface area contributed by atoms with Crippen molar-refractivity contribution >= 4 is 34.4 Å². The Hall–Kier alpha value is -3.87. The average Bonchev–Trinajstić information content (AvgIpc) is 3.08. The number of hydrogen-bond donors (Lipinski definition) is 4. The molecular formula is C19H15N3O4. The standard InChI is InChI=1S/C19H15N3O4/c20-19(26)15-5-4-13(14-8-9-21-18(14)15)11-2-1-3-12(10-11)22-16(23)6-7-17(24)25/h1-10,21H,(H2,20,26)(H,22,23)(H,24,25). The normalized spacial score (nSPS) is 10.9. The molecule has 7 nitrogen and oxygen atoms in total. The predicted molar refractivity (Wildman–Crippen MR) is 97.7 cm³/mol. The molecule has 7 heteroatoms. The van der Waals surface area contributed by atoms with Crippen molar-refractivity contribution in [2.75, 3.05) is 5.32 Å². The number of H-pyrrole nitrogens is 1. The first kappa shape index (κ1) is 17.0. The minimum Gasteiger partial charge on any atom is -0.478 e. The number of carboxylic acids is 1. The van der Waals surface area contributed by atoms with E-state index in [0.29, 0.717) is 16.8 Å². The van der Waals surface area contributed by atoms with E-state index in [9.17, 15) is 14.4 Å². The largest absolute Gasteiger partial charge is 0.478 e. The number of carboxylic acid groups (broad SMARTS) is 1. The summed E-state index contributed by atoms with van der Waals surface area (Å²) in [7, 11) is 0. The number of carbonyl (C=O) groups is 3. The summed E-state index contributed by atoms with van der Waals surface area (Å²) in [4.78, 5) is 36.8. The van der Waals surface area contributed by atoms with E-state index in [1.54, 1.807) is 36.5 Å². The van der Waals surface area contributed by atoms with Crippen LogP contribution in [-0.2, 0) is 9.59 Å². The van der Waals surface area contributed by atoms with Gasteiger partial charge in [-0.15, -0.1) is 0 Å². The van der Waals surface area contributed by atoms with E-state index in [2.05, 4.69) is 10.3 Å². The maximum absolute atomic E-state index is 11.7. The van der Waals surface area contributed by atoms with Crippen molar-refractivity contribution in [1.29, 1.82) is 0 Å². The summed E-state index contributed by atoms with van der Waals surface area (Å²) in [6, 6.07) is 12.4.